The molecule has 0 unspecified atom stereocenters. The number of halogens is 4. The predicted octanol–water partition coefficient (Wildman–Crippen LogP) is 3.20. The second kappa shape index (κ2) is 4.75. The van der Waals surface area contributed by atoms with Crippen molar-refractivity contribution < 1.29 is 17.6 Å². The largest absolute Gasteiger partial charge is 0.416 e. The second-order valence-corrected chi connectivity index (χ2v) is 5.37. The monoisotopic (exact) mass is 302 g/mol. The highest BCUT2D eigenvalue weighted by Crippen LogP contribution is 2.35. The van der Waals surface area contributed by atoms with Crippen molar-refractivity contribution in [1.82, 2.24) is 9.78 Å². The number of hydrogen-bond acceptors (Lipinski definition) is 1. The standard InChI is InChI=1S/C14H14F4N2O/c1-13(2,10-11(15)20(3)19-12(10)21)8-5-4-6-9(7-8)14(16,17)18/h4-7H,1-3H3,(H,19,21). The summed E-state index contributed by atoms with van der Waals surface area (Å²) in [5, 5.41) is 2.26. The van der Waals surface area contributed by atoms with E-state index in [1.807, 2.05) is 0 Å². The Morgan fingerprint density at radius 2 is 1.71 bits per heavy atom. The summed E-state index contributed by atoms with van der Waals surface area (Å²) in [5.41, 5.74) is -2.66. The first-order valence-electron chi connectivity index (χ1n) is 6.18. The number of aromatic amines is 1. The highest BCUT2D eigenvalue weighted by Gasteiger charge is 2.35. The summed E-state index contributed by atoms with van der Waals surface area (Å²) in [4.78, 5) is 11.8. The molecule has 0 radical (unpaired) electrons. The van der Waals surface area contributed by atoms with Gasteiger partial charge in [-0.3, -0.25) is 14.6 Å². The Hall–Kier alpha value is -2.05. The topological polar surface area (TPSA) is 37.8 Å². The van der Waals surface area contributed by atoms with Gasteiger partial charge in [-0.1, -0.05) is 32.0 Å². The molecule has 0 saturated heterocycles. The molecule has 0 amide bonds. The first kappa shape index (κ1) is 15.3. The minimum Gasteiger partial charge on any atom is -0.268 e. The molecular weight excluding hydrogens is 288 g/mol. The molecule has 1 heterocycles. The number of benzene rings is 1. The van der Waals surface area contributed by atoms with Gasteiger partial charge in [-0.25, -0.2) is 0 Å². The smallest absolute Gasteiger partial charge is 0.268 e. The van der Waals surface area contributed by atoms with Crippen molar-refractivity contribution in [2.75, 3.05) is 0 Å². The molecule has 21 heavy (non-hydrogen) atoms. The maximum atomic E-state index is 14.0. The van der Waals surface area contributed by atoms with Gasteiger partial charge in [-0.15, -0.1) is 0 Å². The van der Waals surface area contributed by atoms with Crippen LogP contribution in [-0.2, 0) is 18.6 Å². The van der Waals surface area contributed by atoms with Crippen molar-refractivity contribution >= 4 is 0 Å². The van der Waals surface area contributed by atoms with Crippen LogP contribution in [0.25, 0.3) is 0 Å². The van der Waals surface area contributed by atoms with E-state index in [9.17, 15) is 22.4 Å². The van der Waals surface area contributed by atoms with Crippen LogP contribution in [0.15, 0.2) is 29.1 Å². The fourth-order valence-corrected chi connectivity index (χ4v) is 2.29. The molecule has 114 valence electrons. The second-order valence-electron chi connectivity index (χ2n) is 5.37. The number of H-pyrrole nitrogens is 1. The fraction of sp³-hybridized carbons (Fsp3) is 0.357. The minimum absolute atomic E-state index is 0.190. The zero-order valence-electron chi connectivity index (χ0n) is 11.7. The fourth-order valence-electron chi connectivity index (χ4n) is 2.29. The molecule has 2 rings (SSSR count). The van der Waals surface area contributed by atoms with Crippen molar-refractivity contribution in [1.29, 1.82) is 0 Å². The van der Waals surface area contributed by atoms with Gasteiger partial charge in [0.2, 0.25) is 5.95 Å². The van der Waals surface area contributed by atoms with Gasteiger partial charge >= 0.3 is 6.18 Å². The Labute approximate surface area is 118 Å². The van der Waals surface area contributed by atoms with Crippen LogP contribution in [0, 0.1) is 5.95 Å². The third-order valence-electron chi connectivity index (χ3n) is 3.53. The number of aryl methyl sites for hydroxylation is 1. The van der Waals surface area contributed by atoms with E-state index in [0.717, 1.165) is 16.8 Å². The lowest BCUT2D eigenvalue weighted by molar-refractivity contribution is -0.137. The number of aromatic nitrogens is 2. The van der Waals surface area contributed by atoms with Crippen molar-refractivity contribution in [3.05, 3.63) is 57.3 Å². The lowest BCUT2D eigenvalue weighted by Gasteiger charge is -2.24. The molecular formula is C14H14F4N2O. The summed E-state index contributed by atoms with van der Waals surface area (Å²) in [6.45, 7) is 3.02. The van der Waals surface area contributed by atoms with Crippen LogP contribution in [0.5, 0.6) is 0 Å². The van der Waals surface area contributed by atoms with Crippen molar-refractivity contribution in [3.63, 3.8) is 0 Å². The van der Waals surface area contributed by atoms with Crippen LogP contribution in [0.4, 0.5) is 17.6 Å². The summed E-state index contributed by atoms with van der Waals surface area (Å²) in [6, 6.07) is 4.56. The summed E-state index contributed by atoms with van der Waals surface area (Å²) in [5.74, 6) is -0.789. The van der Waals surface area contributed by atoms with Crippen LogP contribution in [0.1, 0.15) is 30.5 Å². The summed E-state index contributed by atoms with van der Waals surface area (Å²) in [6.07, 6.45) is -4.49. The van der Waals surface area contributed by atoms with Crippen LogP contribution in [-0.4, -0.2) is 9.78 Å². The van der Waals surface area contributed by atoms with Gasteiger partial charge in [-0.2, -0.15) is 17.6 Å². The normalized spacial score (nSPS) is 12.7. The zero-order chi connectivity index (χ0) is 16.0. The van der Waals surface area contributed by atoms with Crippen molar-refractivity contribution in [2.24, 2.45) is 7.05 Å². The van der Waals surface area contributed by atoms with E-state index >= 15 is 0 Å². The maximum absolute atomic E-state index is 14.0. The summed E-state index contributed by atoms with van der Waals surface area (Å²) in [7, 11) is 1.32. The van der Waals surface area contributed by atoms with Gasteiger partial charge in [0, 0.05) is 12.5 Å². The number of nitrogens with zero attached hydrogens (tertiary/aromatic N) is 1. The Balaban J connectivity index is 2.62. The number of hydrogen-bond donors (Lipinski definition) is 1. The van der Waals surface area contributed by atoms with E-state index in [1.54, 1.807) is 0 Å². The molecule has 0 aliphatic carbocycles. The molecule has 0 saturated carbocycles. The molecule has 0 fully saturated rings. The van der Waals surface area contributed by atoms with E-state index in [1.165, 1.54) is 33.0 Å². The average Bonchev–Trinajstić information content (AvgIpc) is 2.62. The van der Waals surface area contributed by atoms with Crippen LogP contribution in [0.2, 0.25) is 0 Å². The Kier molecular flexibility index (Phi) is 3.47. The average molecular weight is 302 g/mol. The molecule has 0 atom stereocenters. The van der Waals surface area contributed by atoms with Crippen LogP contribution < -0.4 is 5.56 Å². The lowest BCUT2D eigenvalue weighted by Crippen LogP contribution is -2.27. The Morgan fingerprint density at radius 3 is 2.19 bits per heavy atom. The summed E-state index contributed by atoms with van der Waals surface area (Å²) >= 11 is 0. The van der Waals surface area contributed by atoms with Crippen LogP contribution >= 0.6 is 0 Å². The van der Waals surface area contributed by atoms with Gasteiger partial charge in [0.05, 0.1) is 11.1 Å². The Morgan fingerprint density at radius 1 is 1.14 bits per heavy atom. The van der Waals surface area contributed by atoms with Gasteiger partial charge in [0.15, 0.2) is 0 Å². The molecule has 2 aromatic rings. The van der Waals surface area contributed by atoms with E-state index < -0.39 is 28.7 Å². The van der Waals surface area contributed by atoms with E-state index in [-0.39, 0.29) is 11.1 Å². The highest BCUT2D eigenvalue weighted by atomic mass is 19.4. The van der Waals surface area contributed by atoms with E-state index in [4.69, 9.17) is 0 Å². The number of rotatable bonds is 2. The van der Waals surface area contributed by atoms with Gasteiger partial charge in [-0.05, 0) is 11.6 Å². The van der Waals surface area contributed by atoms with E-state index in [0.29, 0.717) is 0 Å². The molecule has 1 N–H and O–H groups in total. The molecule has 1 aromatic carbocycles. The zero-order valence-corrected chi connectivity index (χ0v) is 11.7. The number of alkyl halides is 3. The maximum Gasteiger partial charge on any atom is 0.416 e. The highest BCUT2D eigenvalue weighted by molar-refractivity contribution is 5.38. The molecule has 0 aliphatic heterocycles. The summed E-state index contributed by atoms with van der Waals surface area (Å²) < 4.78 is 53.3. The predicted molar refractivity (Wildman–Crippen MR) is 69.6 cm³/mol. The van der Waals surface area contributed by atoms with Crippen molar-refractivity contribution in [2.45, 2.75) is 25.4 Å². The Bertz CT molecular complexity index is 725. The quantitative estimate of drug-likeness (QED) is 0.850. The van der Waals surface area contributed by atoms with Gasteiger partial charge in [0.25, 0.3) is 5.56 Å². The first-order valence-corrected chi connectivity index (χ1v) is 6.18. The molecule has 0 bridgehead atoms. The molecule has 0 spiro atoms. The first-order chi connectivity index (χ1) is 9.55. The van der Waals surface area contributed by atoms with E-state index in [2.05, 4.69) is 5.10 Å². The SMILES string of the molecule is Cn1[nH]c(=O)c(C(C)(C)c2cccc(C(F)(F)F)c2)c1F. The molecule has 7 heteroatoms. The minimum atomic E-state index is -4.49. The number of nitrogens with one attached hydrogen (secondary N) is 1. The van der Waals surface area contributed by atoms with Gasteiger partial charge < -0.3 is 0 Å². The van der Waals surface area contributed by atoms with Crippen LogP contribution in [0.3, 0.4) is 0 Å². The van der Waals surface area contributed by atoms with Crippen molar-refractivity contribution in [3.8, 4) is 0 Å². The molecule has 1 aromatic heterocycles. The van der Waals surface area contributed by atoms with Gasteiger partial charge in [0.1, 0.15) is 0 Å². The third-order valence-corrected chi connectivity index (χ3v) is 3.53. The molecule has 3 nitrogen and oxygen atoms in total. The molecule has 0 aliphatic rings. The third kappa shape index (κ3) is 2.59. The lowest BCUT2D eigenvalue weighted by atomic mass is 9.79.